The Hall–Kier alpha value is -0.250. The third-order valence-electron chi connectivity index (χ3n) is 2.72. The second-order valence-electron chi connectivity index (χ2n) is 4.14. The van der Waals surface area contributed by atoms with E-state index in [0.29, 0.717) is 11.3 Å². The average Bonchev–Trinajstić information content (AvgIpc) is 2.33. The highest BCUT2D eigenvalue weighted by Crippen LogP contribution is 2.27. The highest BCUT2D eigenvalue weighted by atomic mass is 35.5. The van der Waals surface area contributed by atoms with Crippen LogP contribution in [0.25, 0.3) is 0 Å². The van der Waals surface area contributed by atoms with Gasteiger partial charge in [0.15, 0.2) is 0 Å². The molecule has 1 aromatic heterocycles. The van der Waals surface area contributed by atoms with E-state index < -0.39 is 0 Å². The summed E-state index contributed by atoms with van der Waals surface area (Å²) in [5.41, 5.74) is 0. The fourth-order valence-corrected chi connectivity index (χ4v) is 2.72. The lowest BCUT2D eigenvalue weighted by Gasteiger charge is -2.18. The second kappa shape index (κ2) is 7.96. The fraction of sp³-hybridized carbons (Fsp3) is 0.615. The fourth-order valence-electron chi connectivity index (χ4n) is 1.60. The largest absolute Gasteiger partial charge is 0.313 e. The Morgan fingerprint density at radius 3 is 2.71 bits per heavy atom. The number of halogens is 1. The Bertz CT molecular complexity index is 329. The predicted molar refractivity (Wildman–Crippen MR) is 76.9 cm³/mol. The minimum atomic E-state index is 0.475. The summed E-state index contributed by atoms with van der Waals surface area (Å²) in [5.74, 6) is 0. The van der Waals surface area contributed by atoms with Gasteiger partial charge in [0.1, 0.15) is 5.03 Å². The van der Waals surface area contributed by atoms with E-state index in [9.17, 15) is 0 Å². The van der Waals surface area contributed by atoms with Crippen LogP contribution in [-0.2, 0) is 0 Å². The Labute approximate surface area is 114 Å². The molecule has 0 bridgehead atoms. The molecule has 1 unspecified atom stereocenters. The zero-order valence-electron chi connectivity index (χ0n) is 10.7. The number of hydrogen-bond acceptors (Lipinski definition) is 3. The van der Waals surface area contributed by atoms with Gasteiger partial charge >= 0.3 is 0 Å². The maximum Gasteiger partial charge on any atom is 0.115 e. The third-order valence-corrected chi connectivity index (χ3v) is 4.25. The highest BCUT2D eigenvalue weighted by molar-refractivity contribution is 8.00. The van der Waals surface area contributed by atoms with Crippen molar-refractivity contribution in [3.63, 3.8) is 0 Å². The van der Waals surface area contributed by atoms with Crippen molar-refractivity contribution >= 4 is 23.4 Å². The molecule has 0 aliphatic carbocycles. The van der Waals surface area contributed by atoms with Gasteiger partial charge in [0.05, 0.1) is 5.02 Å². The molecule has 2 nitrogen and oxygen atoms in total. The summed E-state index contributed by atoms with van der Waals surface area (Å²) in [7, 11) is 0. The number of rotatable bonds is 7. The molecule has 0 saturated carbocycles. The lowest BCUT2D eigenvalue weighted by atomic mass is 10.2. The molecule has 17 heavy (non-hydrogen) atoms. The van der Waals surface area contributed by atoms with E-state index in [1.807, 2.05) is 12.1 Å². The van der Waals surface area contributed by atoms with Crippen molar-refractivity contribution in [3.8, 4) is 0 Å². The van der Waals surface area contributed by atoms with E-state index in [1.54, 1.807) is 18.0 Å². The lowest BCUT2D eigenvalue weighted by Crippen LogP contribution is -2.32. The first-order valence-electron chi connectivity index (χ1n) is 6.17. The second-order valence-corrected chi connectivity index (χ2v) is 5.97. The van der Waals surface area contributed by atoms with Crippen LogP contribution in [0.15, 0.2) is 23.4 Å². The minimum absolute atomic E-state index is 0.475. The SMILES string of the molecule is CCC(CC)NCC(C)Sc1ncccc1Cl. The number of nitrogens with one attached hydrogen (secondary N) is 1. The maximum atomic E-state index is 6.08. The Balaban J connectivity index is 2.39. The summed E-state index contributed by atoms with van der Waals surface area (Å²) >= 11 is 7.81. The standard InChI is InChI=1S/C13H21ClN2S/c1-4-11(5-2)16-9-10(3)17-13-12(14)7-6-8-15-13/h6-8,10-11,16H,4-5,9H2,1-3H3. The van der Waals surface area contributed by atoms with Gasteiger partial charge in [-0.1, -0.05) is 32.4 Å². The molecule has 0 aliphatic rings. The van der Waals surface area contributed by atoms with Gasteiger partial charge in [0, 0.05) is 24.0 Å². The molecule has 0 aromatic carbocycles. The summed E-state index contributed by atoms with van der Waals surface area (Å²) in [6.07, 6.45) is 4.14. The monoisotopic (exact) mass is 272 g/mol. The van der Waals surface area contributed by atoms with E-state index in [1.165, 1.54) is 12.8 Å². The number of hydrogen-bond donors (Lipinski definition) is 1. The Morgan fingerprint density at radius 1 is 1.41 bits per heavy atom. The van der Waals surface area contributed by atoms with Crippen LogP contribution in [0.5, 0.6) is 0 Å². The van der Waals surface area contributed by atoms with E-state index in [4.69, 9.17) is 11.6 Å². The number of aromatic nitrogens is 1. The molecular formula is C13H21ClN2S. The van der Waals surface area contributed by atoms with Gasteiger partial charge in [-0.2, -0.15) is 0 Å². The van der Waals surface area contributed by atoms with Crippen molar-refractivity contribution < 1.29 is 0 Å². The molecule has 1 aromatic rings. The van der Waals surface area contributed by atoms with Gasteiger partial charge in [0.25, 0.3) is 0 Å². The van der Waals surface area contributed by atoms with Gasteiger partial charge in [-0.15, -0.1) is 11.8 Å². The molecule has 1 rings (SSSR count). The van der Waals surface area contributed by atoms with Crippen LogP contribution in [0.3, 0.4) is 0 Å². The minimum Gasteiger partial charge on any atom is -0.313 e. The summed E-state index contributed by atoms with van der Waals surface area (Å²) in [6.45, 7) is 7.62. The Kier molecular flexibility index (Phi) is 6.93. The van der Waals surface area contributed by atoms with Crippen molar-refractivity contribution in [1.82, 2.24) is 10.3 Å². The molecule has 0 aliphatic heterocycles. The van der Waals surface area contributed by atoms with Crippen LogP contribution in [-0.4, -0.2) is 22.8 Å². The quantitative estimate of drug-likeness (QED) is 0.760. The molecule has 0 amide bonds. The van der Waals surface area contributed by atoms with Crippen LogP contribution in [0.1, 0.15) is 33.6 Å². The van der Waals surface area contributed by atoms with Crippen molar-refractivity contribution in [1.29, 1.82) is 0 Å². The van der Waals surface area contributed by atoms with E-state index in [-0.39, 0.29) is 0 Å². The number of pyridine rings is 1. The van der Waals surface area contributed by atoms with Gasteiger partial charge in [0.2, 0.25) is 0 Å². The molecule has 0 radical (unpaired) electrons. The normalized spacial score (nSPS) is 13.0. The van der Waals surface area contributed by atoms with Gasteiger partial charge in [-0.25, -0.2) is 4.98 Å². The first kappa shape index (κ1) is 14.8. The molecular weight excluding hydrogens is 252 g/mol. The van der Waals surface area contributed by atoms with E-state index in [0.717, 1.165) is 16.6 Å². The van der Waals surface area contributed by atoms with Gasteiger partial charge in [-0.3, -0.25) is 0 Å². The molecule has 0 spiro atoms. The summed E-state index contributed by atoms with van der Waals surface area (Å²) in [5, 5.41) is 5.71. The zero-order chi connectivity index (χ0) is 12.7. The van der Waals surface area contributed by atoms with Crippen LogP contribution >= 0.6 is 23.4 Å². The van der Waals surface area contributed by atoms with Crippen LogP contribution in [0.2, 0.25) is 5.02 Å². The number of nitrogens with zero attached hydrogens (tertiary/aromatic N) is 1. The molecule has 0 fully saturated rings. The highest BCUT2D eigenvalue weighted by Gasteiger charge is 2.10. The van der Waals surface area contributed by atoms with E-state index >= 15 is 0 Å². The first-order valence-corrected chi connectivity index (χ1v) is 7.43. The maximum absolute atomic E-state index is 6.08. The molecule has 4 heteroatoms. The lowest BCUT2D eigenvalue weighted by molar-refractivity contribution is 0.488. The van der Waals surface area contributed by atoms with Crippen LogP contribution < -0.4 is 5.32 Å². The summed E-state index contributed by atoms with van der Waals surface area (Å²) in [4.78, 5) is 4.29. The van der Waals surface area contributed by atoms with Crippen molar-refractivity contribution in [2.75, 3.05) is 6.54 Å². The zero-order valence-corrected chi connectivity index (χ0v) is 12.3. The van der Waals surface area contributed by atoms with Gasteiger partial charge < -0.3 is 5.32 Å². The predicted octanol–water partition coefficient (Wildman–Crippen LogP) is 3.99. The van der Waals surface area contributed by atoms with Crippen LogP contribution in [0, 0.1) is 0 Å². The van der Waals surface area contributed by atoms with Gasteiger partial charge in [-0.05, 0) is 25.0 Å². The molecule has 96 valence electrons. The molecule has 0 saturated heterocycles. The third kappa shape index (κ3) is 5.28. The molecule has 1 heterocycles. The topological polar surface area (TPSA) is 24.9 Å². The Morgan fingerprint density at radius 2 is 2.12 bits per heavy atom. The first-order chi connectivity index (χ1) is 8.17. The average molecular weight is 273 g/mol. The van der Waals surface area contributed by atoms with Crippen LogP contribution in [0.4, 0.5) is 0 Å². The summed E-state index contributed by atoms with van der Waals surface area (Å²) < 4.78 is 0. The smallest absolute Gasteiger partial charge is 0.115 e. The van der Waals surface area contributed by atoms with Crippen molar-refractivity contribution in [3.05, 3.63) is 23.4 Å². The number of thioether (sulfide) groups is 1. The molecule has 1 N–H and O–H groups in total. The van der Waals surface area contributed by atoms with E-state index in [2.05, 4.69) is 31.1 Å². The summed E-state index contributed by atoms with van der Waals surface area (Å²) in [6, 6.07) is 4.37. The van der Waals surface area contributed by atoms with Crippen molar-refractivity contribution in [2.24, 2.45) is 0 Å². The van der Waals surface area contributed by atoms with Crippen molar-refractivity contribution in [2.45, 2.75) is 49.9 Å². The molecule has 1 atom stereocenters.